The van der Waals surface area contributed by atoms with E-state index in [2.05, 4.69) is 14.7 Å². The molecule has 0 aliphatic carbocycles. The molecule has 0 aliphatic heterocycles. The Labute approximate surface area is 75.9 Å². The highest BCUT2D eigenvalue weighted by Crippen LogP contribution is 2.13. The van der Waals surface area contributed by atoms with Gasteiger partial charge in [0.05, 0.1) is 5.75 Å². The number of hydrogen-bond donors (Lipinski definition) is 1. The summed E-state index contributed by atoms with van der Waals surface area (Å²) in [5.74, 6) is 2.38. The van der Waals surface area contributed by atoms with Crippen molar-refractivity contribution in [1.82, 2.24) is 10.1 Å². The molecule has 12 heavy (non-hydrogen) atoms. The van der Waals surface area contributed by atoms with Crippen LogP contribution in [0.1, 0.15) is 19.7 Å². The van der Waals surface area contributed by atoms with Crippen molar-refractivity contribution in [2.75, 3.05) is 5.75 Å². The Kier molecular flexibility index (Phi) is 3.11. The average Bonchev–Trinajstić information content (AvgIpc) is 2.36. The van der Waals surface area contributed by atoms with Crippen LogP contribution in [0.2, 0.25) is 0 Å². The summed E-state index contributed by atoms with van der Waals surface area (Å²) >= 11 is 1.71. The van der Waals surface area contributed by atoms with Crippen LogP contribution in [0.3, 0.4) is 0 Å². The monoisotopic (exact) mass is 187 g/mol. The fourth-order valence-electron chi connectivity index (χ4n) is 0.661. The van der Waals surface area contributed by atoms with Crippen LogP contribution in [0, 0.1) is 0 Å². The molecule has 4 nitrogen and oxygen atoms in total. The van der Waals surface area contributed by atoms with Crippen LogP contribution >= 0.6 is 11.8 Å². The van der Waals surface area contributed by atoms with Crippen LogP contribution in [0.25, 0.3) is 0 Å². The lowest BCUT2D eigenvalue weighted by atomic mass is 10.1. The van der Waals surface area contributed by atoms with Gasteiger partial charge in [0.2, 0.25) is 6.39 Å². The van der Waals surface area contributed by atoms with E-state index in [9.17, 15) is 0 Å². The summed E-state index contributed by atoms with van der Waals surface area (Å²) in [5.41, 5.74) is 5.66. The van der Waals surface area contributed by atoms with Gasteiger partial charge in [0, 0.05) is 11.3 Å². The summed E-state index contributed by atoms with van der Waals surface area (Å²) in [5, 5.41) is 3.69. The first kappa shape index (κ1) is 9.54. The van der Waals surface area contributed by atoms with Crippen molar-refractivity contribution >= 4 is 11.8 Å². The van der Waals surface area contributed by atoms with E-state index in [4.69, 9.17) is 5.73 Å². The standard InChI is InChI=1S/C7H13N3OS/c1-7(2,8)4-12-3-6-9-5-11-10-6/h5H,3-4,8H2,1-2H3. The molecule has 68 valence electrons. The molecule has 0 aromatic carbocycles. The zero-order valence-electron chi connectivity index (χ0n) is 7.28. The molecule has 0 aliphatic rings. The Morgan fingerprint density at radius 2 is 2.42 bits per heavy atom. The molecule has 0 fully saturated rings. The zero-order chi connectivity index (χ0) is 9.03. The number of aromatic nitrogens is 2. The molecule has 1 rings (SSSR count). The van der Waals surface area contributed by atoms with E-state index >= 15 is 0 Å². The number of thioether (sulfide) groups is 1. The average molecular weight is 187 g/mol. The highest BCUT2D eigenvalue weighted by atomic mass is 32.2. The van der Waals surface area contributed by atoms with E-state index in [1.165, 1.54) is 6.39 Å². The first-order valence-electron chi connectivity index (χ1n) is 3.70. The quantitative estimate of drug-likeness (QED) is 0.763. The number of nitrogens with two attached hydrogens (primary N) is 1. The van der Waals surface area contributed by atoms with Crippen molar-refractivity contribution in [3.05, 3.63) is 12.2 Å². The predicted octanol–water partition coefficient (Wildman–Crippen LogP) is 1.04. The topological polar surface area (TPSA) is 64.9 Å². The largest absolute Gasteiger partial charge is 0.343 e. The van der Waals surface area contributed by atoms with Crippen molar-refractivity contribution in [2.45, 2.75) is 25.1 Å². The number of nitrogens with zero attached hydrogens (tertiary/aromatic N) is 2. The molecular weight excluding hydrogens is 174 g/mol. The summed E-state index contributed by atoms with van der Waals surface area (Å²) in [7, 11) is 0. The Hall–Kier alpha value is -0.550. The maximum absolute atomic E-state index is 5.79. The van der Waals surface area contributed by atoms with Gasteiger partial charge in [-0.05, 0) is 13.8 Å². The lowest BCUT2D eigenvalue weighted by Gasteiger charge is -2.16. The van der Waals surface area contributed by atoms with Gasteiger partial charge in [-0.1, -0.05) is 5.16 Å². The van der Waals surface area contributed by atoms with Gasteiger partial charge >= 0.3 is 0 Å². The minimum atomic E-state index is -0.131. The van der Waals surface area contributed by atoms with Gasteiger partial charge in [-0.2, -0.15) is 16.7 Å². The molecule has 0 unspecified atom stereocenters. The van der Waals surface area contributed by atoms with Crippen LogP contribution in [0.15, 0.2) is 10.9 Å². The number of hydrogen-bond acceptors (Lipinski definition) is 5. The molecule has 0 amide bonds. The second kappa shape index (κ2) is 3.91. The molecule has 0 spiro atoms. The van der Waals surface area contributed by atoms with Crippen LogP contribution < -0.4 is 5.73 Å². The fraction of sp³-hybridized carbons (Fsp3) is 0.714. The van der Waals surface area contributed by atoms with Crippen LogP contribution in [0.4, 0.5) is 0 Å². The highest BCUT2D eigenvalue weighted by Gasteiger charge is 2.10. The molecule has 5 heteroatoms. The van der Waals surface area contributed by atoms with Gasteiger partial charge < -0.3 is 10.3 Å². The summed E-state index contributed by atoms with van der Waals surface area (Å²) in [6, 6.07) is 0. The molecule has 2 N–H and O–H groups in total. The lowest BCUT2D eigenvalue weighted by Crippen LogP contribution is -2.34. The molecule has 0 bridgehead atoms. The second-order valence-corrected chi connectivity index (χ2v) is 4.31. The third-order valence-electron chi connectivity index (χ3n) is 1.11. The van der Waals surface area contributed by atoms with Crippen molar-refractivity contribution in [1.29, 1.82) is 0 Å². The van der Waals surface area contributed by atoms with Gasteiger partial charge in [0.1, 0.15) is 0 Å². The van der Waals surface area contributed by atoms with Crippen LogP contribution in [0.5, 0.6) is 0 Å². The van der Waals surface area contributed by atoms with E-state index < -0.39 is 0 Å². The van der Waals surface area contributed by atoms with Gasteiger partial charge in [-0.15, -0.1) is 0 Å². The Morgan fingerprint density at radius 3 is 2.92 bits per heavy atom. The minimum absolute atomic E-state index is 0.131. The first-order chi connectivity index (χ1) is 5.58. The van der Waals surface area contributed by atoms with Gasteiger partial charge in [0.25, 0.3) is 0 Å². The van der Waals surface area contributed by atoms with E-state index in [-0.39, 0.29) is 5.54 Å². The van der Waals surface area contributed by atoms with Crippen molar-refractivity contribution < 1.29 is 4.52 Å². The molecule has 0 atom stereocenters. The van der Waals surface area contributed by atoms with E-state index in [0.717, 1.165) is 17.3 Å². The normalized spacial score (nSPS) is 11.9. The van der Waals surface area contributed by atoms with Crippen molar-refractivity contribution in [3.63, 3.8) is 0 Å². The summed E-state index contributed by atoms with van der Waals surface area (Å²) in [6.45, 7) is 3.99. The Bertz CT molecular complexity index is 217. The molecular formula is C7H13N3OS. The Morgan fingerprint density at radius 1 is 1.67 bits per heavy atom. The molecule has 1 aromatic heterocycles. The zero-order valence-corrected chi connectivity index (χ0v) is 8.10. The fourth-order valence-corrected chi connectivity index (χ4v) is 1.60. The summed E-state index contributed by atoms with van der Waals surface area (Å²) in [6.07, 6.45) is 1.34. The predicted molar refractivity (Wildman–Crippen MR) is 48.7 cm³/mol. The lowest BCUT2D eigenvalue weighted by molar-refractivity contribution is 0.412. The van der Waals surface area contributed by atoms with Gasteiger partial charge in [-0.3, -0.25) is 0 Å². The molecule has 0 saturated carbocycles. The third-order valence-corrected chi connectivity index (χ3v) is 2.52. The van der Waals surface area contributed by atoms with E-state index in [0.29, 0.717) is 0 Å². The van der Waals surface area contributed by atoms with Crippen molar-refractivity contribution in [2.24, 2.45) is 5.73 Å². The molecule has 1 heterocycles. The van der Waals surface area contributed by atoms with Crippen LogP contribution in [-0.2, 0) is 5.75 Å². The molecule has 0 radical (unpaired) electrons. The van der Waals surface area contributed by atoms with E-state index in [1.807, 2.05) is 13.8 Å². The first-order valence-corrected chi connectivity index (χ1v) is 4.85. The number of rotatable bonds is 4. The third kappa shape index (κ3) is 3.73. The molecule has 0 saturated heterocycles. The minimum Gasteiger partial charge on any atom is -0.343 e. The van der Waals surface area contributed by atoms with Crippen LogP contribution in [-0.4, -0.2) is 21.4 Å². The highest BCUT2D eigenvalue weighted by molar-refractivity contribution is 7.98. The smallest absolute Gasteiger partial charge is 0.213 e. The van der Waals surface area contributed by atoms with Crippen molar-refractivity contribution in [3.8, 4) is 0 Å². The van der Waals surface area contributed by atoms with Gasteiger partial charge in [-0.25, -0.2) is 0 Å². The van der Waals surface area contributed by atoms with E-state index in [1.54, 1.807) is 11.8 Å². The van der Waals surface area contributed by atoms with Gasteiger partial charge in [0.15, 0.2) is 5.82 Å². The second-order valence-electron chi connectivity index (χ2n) is 3.33. The SMILES string of the molecule is CC(C)(N)CSCc1ncon1. The summed E-state index contributed by atoms with van der Waals surface area (Å²) in [4.78, 5) is 3.90. The maximum Gasteiger partial charge on any atom is 0.213 e. The summed E-state index contributed by atoms with van der Waals surface area (Å²) < 4.78 is 4.59. The Balaban J connectivity index is 2.20. The maximum atomic E-state index is 5.79. The molecule has 1 aromatic rings.